The number of amides is 3. The summed E-state index contributed by atoms with van der Waals surface area (Å²) < 4.78 is 0. The van der Waals surface area contributed by atoms with E-state index in [0.717, 1.165) is 12.0 Å². The number of nitriles is 1. The van der Waals surface area contributed by atoms with E-state index in [1.807, 2.05) is 13.8 Å². The van der Waals surface area contributed by atoms with Gasteiger partial charge in [-0.1, -0.05) is 32.4 Å². The second kappa shape index (κ2) is 7.90. The number of benzene rings is 1. The molecule has 3 amide bonds. The van der Waals surface area contributed by atoms with Crippen molar-refractivity contribution in [3.63, 3.8) is 0 Å². The zero-order chi connectivity index (χ0) is 15.8. The lowest BCUT2D eigenvalue weighted by Crippen LogP contribution is -2.49. The molecule has 0 fully saturated rings. The zero-order valence-corrected chi connectivity index (χ0v) is 12.2. The van der Waals surface area contributed by atoms with Gasteiger partial charge < -0.3 is 16.4 Å². The lowest BCUT2D eigenvalue weighted by molar-refractivity contribution is -0.119. The van der Waals surface area contributed by atoms with Crippen molar-refractivity contribution in [3.05, 3.63) is 29.8 Å². The fourth-order valence-electron chi connectivity index (χ4n) is 1.87. The van der Waals surface area contributed by atoms with Gasteiger partial charge in [-0.25, -0.2) is 4.79 Å². The third kappa shape index (κ3) is 5.15. The first-order valence-corrected chi connectivity index (χ1v) is 6.80. The van der Waals surface area contributed by atoms with Crippen LogP contribution in [0.25, 0.3) is 0 Å². The highest BCUT2D eigenvalue weighted by molar-refractivity contribution is 5.97. The highest BCUT2D eigenvalue weighted by Gasteiger charge is 2.25. The van der Waals surface area contributed by atoms with E-state index in [4.69, 9.17) is 11.0 Å². The summed E-state index contributed by atoms with van der Waals surface area (Å²) in [5, 5.41) is 13.8. The Morgan fingerprint density at radius 1 is 1.33 bits per heavy atom. The number of primary amides is 1. The van der Waals surface area contributed by atoms with E-state index in [1.54, 1.807) is 24.3 Å². The number of rotatable bonds is 6. The maximum Gasteiger partial charge on any atom is 0.312 e. The highest BCUT2D eigenvalue weighted by atomic mass is 16.2. The second-order valence-electron chi connectivity index (χ2n) is 4.89. The predicted molar refractivity (Wildman–Crippen MR) is 80.4 cm³/mol. The molecule has 0 saturated carbocycles. The van der Waals surface area contributed by atoms with Gasteiger partial charge in [-0.3, -0.25) is 4.79 Å². The molecular weight excluding hydrogens is 268 g/mol. The molecule has 21 heavy (non-hydrogen) atoms. The van der Waals surface area contributed by atoms with Gasteiger partial charge in [0.1, 0.15) is 6.04 Å². The Kier molecular flexibility index (Phi) is 6.21. The molecule has 0 aliphatic heterocycles. The van der Waals surface area contributed by atoms with Crippen LogP contribution in [0, 0.1) is 17.2 Å². The van der Waals surface area contributed by atoms with E-state index < -0.39 is 12.1 Å². The van der Waals surface area contributed by atoms with Crippen molar-refractivity contribution in [1.82, 2.24) is 5.32 Å². The van der Waals surface area contributed by atoms with Gasteiger partial charge in [0.05, 0.1) is 12.5 Å². The number of carbonyl (C=O) groups excluding carboxylic acids is 2. The van der Waals surface area contributed by atoms with E-state index in [2.05, 4.69) is 16.7 Å². The Morgan fingerprint density at radius 3 is 2.43 bits per heavy atom. The molecule has 4 N–H and O–H groups in total. The molecule has 0 aromatic heterocycles. The van der Waals surface area contributed by atoms with Crippen molar-refractivity contribution >= 4 is 17.6 Å². The number of nitrogens with zero attached hydrogens (tertiary/aromatic N) is 1. The summed E-state index contributed by atoms with van der Waals surface area (Å²) in [6, 6.07) is 7.66. The Hall–Kier alpha value is -2.55. The normalized spacial score (nSPS) is 12.8. The van der Waals surface area contributed by atoms with Crippen molar-refractivity contribution in [2.45, 2.75) is 32.7 Å². The quantitative estimate of drug-likeness (QED) is 0.742. The molecule has 6 nitrogen and oxygen atoms in total. The van der Waals surface area contributed by atoms with E-state index in [1.165, 1.54) is 0 Å². The fourth-order valence-corrected chi connectivity index (χ4v) is 1.87. The molecule has 0 heterocycles. The van der Waals surface area contributed by atoms with Crippen LogP contribution in [0.3, 0.4) is 0 Å². The first-order chi connectivity index (χ1) is 9.97. The van der Waals surface area contributed by atoms with Crippen LogP contribution in [0.4, 0.5) is 10.5 Å². The molecule has 1 rings (SSSR count). The second-order valence-corrected chi connectivity index (χ2v) is 4.89. The van der Waals surface area contributed by atoms with Crippen molar-refractivity contribution in [3.8, 4) is 6.07 Å². The Bertz CT molecular complexity index is 534. The summed E-state index contributed by atoms with van der Waals surface area (Å²) >= 11 is 0. The van der Waals surface area contributed by atoms with Crippen molar-refractivity contribution < 1.29 is 9.59 Å². The summed E-state index contributed by atoms with van der Waals surface area (Å²) in [7, 11) is 0. The summed E-state index contributed by atoms with van der Waals surface area (Å²) in [5.74, 6) is -0.341. The van der Waals surface area contributed by atoms with Gasteiger partial charge in [0.25, 0.3) is 0 Å². The Balaban J connectivity index is 2.76. The molecule has 0 saturated heterocycles. The van der Waals surface area contributed by atoms with Gasteiger partial charge in [-0.15, -0.1) is 0 Å². The van der Waals surface area contributed by atoms with Gasteiger partial charge in [-0.05, 0) is 23.6 Å². The molecule has 0 spiro atoms. The molecule has 0 unspecified atom stereocenters. The van der Waals surface area contributed by atoms with Gasteiger partial charge in [0.2, 0.25) is 5.91 Å². The highest BCUT2D eigenvalue weighted by Crippen LogP contribution is 2.13. The third-order valence-corrected chi connectivity index (χ3v) is 3.30. The molecule has 6 heteroatoms. The number of nitrogens with one attached hydrogen (secondary N) is 2. The minimum Gasteiger partial charge on any atom is -0.352 e. The van der Waals surface area contributed by atoms with E-state index in [9.17, 15) is 9.59 Å². The number of nitrogens with two attached hydrogens (primary N) is 1. The maximum absolute atomic E-state index is 12.2. The Morgan fingerprint density at radius 2 is 1.95 bits per heavy atom. The fraction of sp³-hybridized carbons (Fsp3) is 0.400. The van der Waals surface area contributed by atoms with Crippen LogP contribution in [0.5, 0.6) is 0 Å². The zero-order valence-electron chi connectivity index (χ0n) is 12.2. The van der Waals surface area contributed by atoms with Crippen LogP contribution in [-0.4, -0.2) is 18.0 Å². The van der Waals surface area contributed by atoms with Crippen LogP contribution in [0.1, 0.15) is 25.8 Å². The van der Waals surface area contributed by atoms with Crippen LogP contribution in [0.2, 0.25) is 0 Å². The molecule has 0 aliphatic carbocycles. The van der Waals surface area contributed by atoms with Crippen LogP contribution in [0.15, 0.2) is 24.3 Å². The SMILES string of the molecule is CC[C@@H](C)[C@@H](NC(N)=O)C(=O)Nc1ccc(CC#N)cc1. The van der Waals surface area contributed by atoms with Crippen molar-refractivity contribution in [2.75, 3.05) is 5.32 Å². The average Bonchev–Trinajstić information content (AvgIpc) is 2.46. The molecule has 0 radical (unpaired) electrons. The van der Waals surface area contributed by atoms with Crippen molar-refractivity contribution in [1.29, 1.82) is 5.26 Å². The van der Waals surface area contributed by atoms with Gasteiger partial charge in [-0.2, -0.15) is 5.26 Å². The van der Waals surface area contributed by atoms with Crippen molar-refractivity contribution in [2.24, 2.45) is 11.7 Å². The molecule has 2 atom stereocenters. The first-order valence-electron chi connectivity index (χ1n) is 6.80. The minimum absolute atomic E-state index is 0.0321. The molecule has 0 bridgehead atoms. The number of carbonyl (C=O) groups is 2. The third-order valence-electron chi connectivity index (χ3n) is 3.30. The summed E-state index contributed by atoms with van der Waals surface area (Å²) in [4.78, 5) is 23.2. The summed E-state index contributed by atoms with van der Waals surface area (Å²) in [6.07, 6.45) is 1.06. The average molecular weight is 288 g/mol. The minimum atomic E-state index is -0.722. The number of hydrogen-bond acceptors (Lipinski definition) is 3. The molecular formula is C15H20N4O2. The Labute approximate surface area is 124 Å². The lowest BCUT2D eigenvalue weighted by atomic mass is 9.98. The van der Waals surface area contributed by atoms with E-state index in [-0.39, 0.29) is 11.8 Å². The van der Waals surface area contributed by atoms with Gasteiger partial charge in [0, 0.05) is 5.69 Å². The van der Waals surface area contributed by atoms with E-state index in [0.29, 0.717) is 12.1 Å². The van der Waals surface area contributed by atoms with Crippen LogP contribution < -0.4 is 16.4 Å². The molecule has 0 aliphatic rings. The smallest absolute Gasteiger partial charge is 0.312 e. The number of hydrogen-bond donors (Lipinski definition) is 3. The van der Waals surface area contributed by atoms with Crippen LogP contribution >= 0.6 is 0 Å². The molecule has 1 aromatic carbocycles. The van der Waals surface area contributed by atoms with E-state index >= 15 is 0 Å². The predicted octanol–water partition coefficient (Wildman–Crippen LogP) is 1.77. The monoisotopic (exact) mass is 288 g/mol. The molecule has 112 valence electrons. The number of urea groups is 1. The standard InChI is InChI=1S/C15H20N4O2/c1-3-10(2)13(19-15(17)21)14(20)18-12-6-4-11(5-7-12)8-9-16/h4-7,10,13H,3,8H2,1-2H3,(H,18,20)(H3,17,19,21)/t10-,13-/m1/s1. The topological polar surface area (TPSA) is 108 Å². The summed E-state index contributed by atoms with van der Waals surface area (Å²) in [6.45, 7) is 3.81. The van der Waals surface area contributed by atoms with Crippen LogP contribution in [-0.2, 0) is 11.2 Å². The van der Waals surface area contributed by atoms with Gasteiger partial charge in [0.15, 0.2) is 0 Å². The first kappa shape index (κ1) is 16.5. The van der Waals surface area contributed by atoms with Gasteiger partial charge >= 0.3 is 6.03 Å². The maximum atomic E-state index is 12.2. The number of anilines is 1. The molecule has 1 aromatic rings. The summed E-state index contributed by atoms with van der Waals surface area (Å²) in [5.41, 5.74) is 6.60. The lowest BCUT2D eigenvalue weighted by Gasteiger charge is -2.22. The largest absolute Gasteiger partial charge is 0.352 e.